The van der Waals surface area contributed by atoms with Crippen molar-refractivity contribution in [2.75, 3.05) is 32.4 Å². The molecule has 1 heterocycles. The van der Waals surface area contributed by atoms with Crippen molar-refractivity contribution >= 4 is 19.9 Å². The van der Waals surface area contributed by atoms with E-state index in [1.807, 2.05) is 0 Å². The van der Waals surface area contributed by atoms with Crippen LogP contribution >= 0.6 is 0 Å². The molecule has 106 valence electrons. The minimum atomic E-state index is -3.53. The van der Waals surface area contributed by atoms with E-state index < -0.39 is 19.9 Å². The molecule has 1 N–H and O–H groups in total. The summed E-state index contributed by atoms with van der Waals surface area (Å²) in [5.41, 5.74) is 0. The van der Waals surface area contributed by atoms with Crippen LogP contribution in [0.5, 0.6) is 0 Å². The fourth-order valence-electron chi connectivity index (χ4n) is 1.89. The Bertz CT molecular complexity index is 644. The summed E-state index contributed by atoms with van der Waals surface area (Å²) in [4.78, 5) is 0.244. The Morgan fingerprint density at radius 3 is 1.89 bits per heavy atom. The van der Waals surface area contributed by atoms with E-state index in [4.69, 9.17) is 0 Å². The van der Waals surface area contributed by atoms with Crippen molar-refractivity contribution in [3.8, 4) is 0 Å². The Kier molecular flexibility index (Phi) is 3.95. The van der Waals surface area contributed by atoms with Crippen LogP contribution < -0.4 is 5.32 Å². The van der Waals surface area contributed by atoms with Gasteiger partial charge in [0.1, 0.15) is 0 Å². The molecule has 1 aromatic rings. The van der Waals surface area contributed by atoms with Crippen molar-refractivity contribution in [2.24, 2.45) is 0 Å². The van der Waals surface area contributed by atoms with Crippen molar-refractivity contribution in [1.82, 2.24) is 9.62 Å². The third-order valence-corrected chi connectivity index (χ3v) is 6.01. The van der Waals surface area contributed by atoms with E-state index in [1.165, 1.54) is 28.6 Å². The van der Waals surface area contributed by atoms with E-state index >= 15 is 0 Å². The zero-order valence-corrected chi connectivity index (χ0v) is 12.2. The predicted octanol–water partition coefficient (Wildman–Crippen LogP) is -0.316. The zero-order valence-electron chi connectivity index (χ0n) is 10.5. The molecule has 0 unspecified atom stereocenters. The number of nitrogens with zero attached hydrogens (tertiary/aromatic N) is 1. The Hall–Kier alpha value is -0.960. The van der Waals surface area contributed by atoms with Gasteiger partial charge < -0.3 is 5.32 Å². The van der Waals surface area contributed by atoms with Crippen LogP contribution in [0.25, 0.3) is 0 Å². The molecule has 0 radical (unpaired) electrons. The monoisotopic (exact) mass is 304 g/mol. The fourth-order valence-corrected chi connectivity index (χ4v) is 3.96. The first-order chi connectivity index (χ1) is 8.82. The van der Waals surface area contributed by atoms with Crippen molar-refractivity contribution in [1.29, 1.82) is 0 Å². The summed E-state index contributed by atoms with van der Waals surface area (Å²) in [6.07, 6.45) is 1.09. The van der Waals surface area contributed by atoms with E-state index in [2.05, 4.69) is 5.32 Å². The van der Waals surface area contributed by atoms with E-state index in [0.717, 1.165) is 6.26 Å². The van der Waals surface area contributed by atoms with Gasteiger partial charge in [-0.05, 0) is 24.3 Å². The van der Waals surface area contributed by atoms with Gasteiger partial charge in [0.05, 0.1) is 9.79 Å². The SMILES string of the molecule is CS(=O)(=O)c1ccc(S(=O)(=O)N2CCNCC2)cc1. The lowest BCUT2D eigenvalue weighted by Gasteiger charge is -2.26. The minimum absolute atomic E-state index is 0.117. The molecule has 1 fully saturated rings. The van der Waals surface area contributed by atoms with Gasteiger partial charge >= 0.3 is 0 Å². The van der Waals surface area contributed by atoms with Crippen LogP contribution in [0.4, 0.5) is 0 Å². The number of rotatable bonds is 3. The summed E-state index contributed by atoms with van der Waals surface area (Å²) in [5, 5.41) is 3.08. The molecule has 8 heteroatoms. The number of sulfone groups is 1. The van der Waals surface area contributed by atoms with Crippen LogP contribution in [-0.4, -0.2) is 53.6 Å². The second kappa shape index (κ2) is 5.20. The number of piperazine rings is 1. The lowest BCUT2D eigenvalue weighted by Crippen LogP contribution is -2.46. The Labute approximate surface area is 113 Å². The average Bonchev–Trinajstić information content (AvgIpc) is 2.39. The van der Waals surface area contributed by atoms with Gasteiger partial charge in [-0.25, -0.2) is 16.8 Å². The first-order valence-corrected chi connectivity index (χ1v) is 9.16. The maximum Gasteiger partial charge on any atom is 0.243 e. The van der Waals surface area contributed by atoms with Crippen LogP contribution in [-0.2, 0) is 19.9 Å². The number of sulfonamides is 1. The molecule has 1 aromatic carbocycles. The zero-order chi connectivity index (χ0) is 14.1. The second-order valence-electron chi connectivity index (χ2n) is 4.40. The highest BCUT2D eigenvalue weighted by atomic mass is 32.2. The summed E-state index contributed by atoms with van der Waals surface area (Å²) in [6.45, 7) is 2.10. The smallest absolute Gasteiger partial charge is 0.243 e. The van der Waals surface area contributed by atoms with Gasteiger partial charge in [-0.1, -0.05) is 0 Å². The van der Waals surface area contributed by atoms with E-state index in [9.17, 15) is 16.8 Å². The molecule has 2 rings (SSSR count). The van der Waals surface area contributed by atoms with E-state index in [-0.39, 0.29) is 9.79 Å². The first kappa shape index (κ1) is 14.4. The Morgan fingerprint density at radius 2 is 1.42 bits per heavy atom. The summed E-state index contributed by atoms with van der Waals surface area (Å²) in [5.74, 6) is 0. The molecule has 0 atom stereocenters. The van der Waals surface area contributed by atoms with Crippen LogP contribution in [0.3, 0.4) is 0 Å². The molecule has 1 saturated heterocycles. The predicted molar refractivity (Wildman–Crippen MR) is 71.2 cm³/mol. The van der Waals surface area contributed by atoms with Crippen molar-refractivity contribution < 1.29 is 16.8 Å². The molecule has 0 spiro atoms. The van der Waals surface area contributed by atoms with Gasteiger partial charge in [0.15, 0.2) is 9.84 Å². The summed E-state index contributed by atoms with van der Waals surface area (Å²) < 4.78 is 48.7. The molecule has 1 aliphatic heterocycles. The molecule has 0 bridgehead atoms. The lowest BCUT2D eigenvalue weighted by atomic mass is 10.4. The molecule has 19 heavy (non-hydrogen) atoms. The third-order valence-electron chi connectivity index (χ3n) is 2.97. The normalized spacial score (nSPS) is 18.4. The number of nitrogens with one attached hydrogen (secondary N) is 1. The highest BCUT2D eigenvalue weighted by Crippen LogP contribution is 2.18. The number of hydrogen-bond acceptors (Lipinski definition) is 5. The number of benzene rings is 1. The molecule has 0 amide bonds. The first-order valence-electron chi connectivity index (χ1n) is 5.83. The molecule has 0 aromatic heterocycles. The highest BCUT2D eigenvalue weighted by molar-refractivity contribution is 7.90. The highest BCUT2D eigenvalue weighted by Gasteiger charge is 2.25. The molecular weight excluding hydrogens is 288 g/mol. The van der Waals surface area contributed by atoms with Crippen LogP contribution in [0.15, 0.2) is 34.1 Å². The van der Waals surface area contributed by atoms with Crippen molar-refractivity contribution in [3.05, 3.63) is 24.3 Å². The van der Waals surface area contributed by atoms with E-state index in [1.54, 1.807) is 0 Å². The number of hydrogen-bond donors (Lipinski definition) is 1. The second-order valence-corrected chi connectivity index (χ2v) is 8.35. The van der Waals surface area contributed by atoms with Gasteiger partial charge in [0.2, 0.25) is 10.0 Å². The van der Waals surface area contributed by atoms with E-state index in [0.29, 0.717) is 26.2 Å². The largest absolute Gasteiger partial charge is 0.314 e. The van der Waals surface area contributed by atoms with Crippen molar-refractivity contribution in [3.63, 3.8) is 0 Å². The third kappa shape index (κ3) is 3.14. The molecule has 1 aliphatic rings. The maximum atomic E-state index is 12.3. The van der Waals surface area contributed by atoms with Crippen LogP contribution in [0.1, 0.15) is 0 Å². The average molecular weight is 304 g/mol. The van der Waals surface area contributed by atoms with Gasteiger partial charge in [-0.15, -0.1) is 0 Å². The van der Waals surface area contributed by atoms with Crippen molar-refractivity contribution in [2.45, 2.75) is 9.79 Å². The molecule has 6 nitrogen and oxygen atoms in total. The minimum Gasteiger partial charge on any atom is -0.314 e. The van der Waals surface area contributed by atoms with Crippen LogP contribution in [0, 0.1) is 0 Å². The maximum absolute atomic E-state index is 12.3. The molecule has 0 saturated carbocycles. The van der Waals surface area contributed by atoms with Gasteiger partial charge in [0.25, 0.3) is 0 Å². The standard InChI is InChI=1S/C11H16N2O4S2/c1-18(14,15)10-2-4-11(5-3-10)19(16,17)13-8-6-12-7-9-13/h2-5,12H,6-9H2,1H3. The molecule has 0 aliphatic carbocycles. The van der Waals surface area contributed by atoms with Gasteiger partial charge in [0, 0.05) is 32.4 Å². The summed E-state index contributed by atoms with van der Waals surface area (Å²) in [7, 11) is -6.83. The Balaban J connectivity index is 2.31. The van der Waals surface area contributed by atoms with Crippen LogP contribution in [0.2, 0.25) is 0 Å². The van der Waals surface area contributed by atoms with Gasteiger partial charge in [-0.3, -0.25) is 0 Å². The molecular formula is C11H16N2O4S2. The Morgan fingerprint density at radius 1 is 0.947 bits per heavy atom. The quantitative estimate of drug-likeness (QED) is 0.828. The lowest BCUT2D eigenvalue weighted by molar-refractivity contribution is 0.360. The topological polar surface area (TPSA) is 83.5 Å². The van der Waals surface area contributed by atoms with Gasteiger partial charge in [-0.2, -0.15) is 4.31 Å². The fraction of sp³-hybridized carbons (Fsp3) is 0.455. The summed E-state index contributed by atoms with van der Waals surface area (Å²) in [6, 6.07) is 5.33. The summed E-state index contributed by atoms with van der Waals surface area (Å²) >= 11 is 0.